The van der Waals surface area contributed by atoms with Gasteiger partial charge in [0.2, 0.25) is 17.7 Å². The Morgan fingerprint density at radius 1 is 1.16 bits per heavy atom. The van der Waals surface area contributed by atoms with Gasteiger partial charge in [0.05, 0.1) is 12.9 Å². The number of carbonyl (C=O) groups excluding carboxylic acids is 3. The predicted molar refractivity (Wildman–Crippen MR) is 114 cm³/mol. The molecule has 8 N–H and O–H groups in total. The normalized spacial score (nSPS) is 15.8. The summed E-state index contributed by atoms with van der Waals surface area (Å²) in [5.74, 6) is -3.76. The van der Waals surface area contributed by atoms with Crippen LogP contribution in [0.2, 0.25) is 0 Å². The number of aliphatic carboxylic acids is 1. The van der Waals surface area contributed by atoms with Crippen LogP contribution in [0.4, 0.5) is 0 Å². The van der Waals surface area contributed by atoms with Gasteiger partial charge in [0, 0.05) is 24.1 Å². The molecule has 5 unspecified atom stereocenters. The van der Waals surface area contributed by atoms with Gasteiger partial charge in [0.1, 0.15) is 24.2 Å². The van der Waals surface area contributed by atoms with Crippen molar-refractivity contribution in [2.75, 3.05) is 12.4 Å². The zero-order valence-corrected chi connectivity index (χ0v) is 18.3. The summed E-state index contributed by atoms with van der Waals surface area (Å²) in [5.41, 5.74) is 5.96. The highest BCUT2D eigenvalue weighted by Gasteiger charge is 2.32. The zero-order valence-electron chi connectivity index (χ0n) is 17.4. The van der Waals surface area contributed by atoms with Crippen LogP contribution < -0.4 is 21.7 Å². The number of nitrogens with zero attached hydrogens (tertiary/aromatic N) is 1. The van der Waals surface area contributed by atoms with E-state index in [0.29, 0.717) is 12.1 Å². The van der Waals surface area contributed by atoms with E-state index in [2.05, 4.69) is 38.5 Å². The first-order chi connectivity index (χ1) is 14.6. The van der Waals surface area contributed by atoms with Gasteiger partial charge in [0.15, 0.2) is 0 Å². The predicted octanol–water partition coefficient (Wildman–Crippen LogP) is -2.21. The van der Waals surface area contributed by atoms with Crippen molar-refractivity contribution in [2.45, 2.75) is 50.9 Å². The number of carboxylic acid groups (broad SMARTS) is 1. The lowest BCUT2D eigenvalue weighted by molar-refractivity contribution is -0.142. The maximum atomic E-state index is 12.8. The first kappa shape index (κ1) is 26.4. The number of aliphatic hydroxyl groups excluding tert-OH is 1. The summed E-state index contributed by atoms with van der Waals surface area (Å²) < 4.78 is 0. The fourth-order valence-electron chi connectivity index (χ4n) is 2.59. The topological polar surface area (TPSA) is 200 Å². The molecule has 0 aliphatic heterocycles. The average molecular weight is 459 g/mol. The van der Waals surface area contributed by atoms with Crippen LogP contribution >= 0.6 is 12.6 Å². The fraction of sp³-hybridized carbons (Fsp3) is 0.611. The second kappa shape index (κ2) is 12.9. The number of rotatable bonds is 13. The molecule has 13 heteroatoms. The molecule has 1 aromatic rings. The van der Waals surface area contributed by atoms with Crippen LogP contribution in [-0.4, -0.2) is 80.4 Å². The molecule has 5 atom stereocenters. The highest BCUT2D eigenvalue weighted by atomic mass is 32.1. The van der Waals surface area contributed by atoms with E-state index in [9.17, 15) is 24.3 Å². The van der Waals surface area contributed by atoms with Crippen LogP contribution in [0, 0.1) is 5.92 Å². The summed E-state index contributed by atoms with van der Waals surface area (Å²) >= 11 is 4.04. The molecule has 3 amide bonds. The van der Waals surface area contributed by atoms with E-state index in [1.807, 2.05) is 6.92 Å². The van der Waals surface area contributed by atoms with Gasteiger partial charge in [-0.15, -0.1) is 0 Å². The zero-order chi connectivity index (χ0) is 23.6. The van der Waals surface area contributed by atoms with Gasteiger partial charge in [-0.05, 0) is 5.92 Å². The largest absolute Gasteiger partial charge is 0.480 e. The van der Waals surface area contributed by atoms with Gasteiger partial charge in [-0.1, -0.05) is 20.3 Å². The number of H-pyrrole nitrogens is 1. The van der Waals surface area contributed by atoms with Crippen molar-refractivity contribution in [1.29, 1.82) is 0 Å². The Balaban J connectivity index is 2.90. The molecule has 1 aromatic heterocycles. The smallest absolute Gasteiger partial charge is 0.326 e. The molecule has 0 spiro atoms. The number of amides is 3. The molecule has 0 saturated heterocycles. The summed E-state index contributed by atoms with van der Waals surface area (Å²) in [6, 6.07) is -4.60. The van der Waals surface area contributed by atoms with E-state index in [-0.39, 0.29) is 18.1 Å². The number of imidazole rings is 1. The first-order valence-corrected chi connectivity index (χ1v) is 10.4. The second-order valence-corrected chi connectivity index (χ2v) is 7.45. The molecule has 12 nitrogen and oxygen atoms in total. The first-order valence-electron chi connectivity index (χ1n) is 9.72. The lowest BCUT2D eigenvalue weighted by Crippen LogP contribution is -2.59. The number of aromatic nitrogens is 2. The molecule has 0 aromatic carbocycles. The van der Waals surface area contributed by atoms with E-state index in [1.54, 1.807) is 6.92 Å². The third-order valence-electron chi connectivity index (χ3n) is 4.74. The molecule has 1 heterocycles. The molecule has 31 heavy (non-hydrogen) atoms. The van der Waals surface area contributed by atoms with E-state index in [1.165, 1.54) is 12.5 Å². The summed E-state index contributed by atoms with van der Waals surface area (Å²) in [4.78, 5) is 55.5. The van der Waals surface area contributed by atoms with Crippen molar-refractivity contribution in [3.8, 4) is 0 Å². The van der Waals surface area contributed by atoms with Gasteiger partial charge in [-0.3, -0.25) is 14.4 Å². The maximum absolute atomic E-state index is 12.8. The summed E-state index contributed by atoms with van der Waals surface area (Å²) in [6.07, 6.45) is 3.35. The summed E-state index contributed by atoms with van der Waals surface area (Å²) in [5, 5.41) is 25.8. The van der Waals surface area contributed by atoms with Crippen molar-refractivity contribution in [1.82, 2.24) is 25.9 Å². The van der Waals surface area contributed by atoms with Crippen molar-refractivity contribution in [2.24, 2.45) is 11.7 Å². The number of hydrogen-bond donors (Lipinski definition) is 8. The molecule has 0 fully saturated rings. The minimum absolute atomic E-state index is 0.0172. The van der Waals surface area contributed by atoms with Crippen molar-refractivity contribution < 1.29 is 29.4 Å². The Morgan fingerprint density at radius 3 is 2.29 bits per heavy atom. The average Bonchev–Trinajstić information content (AvgIpc) is 3.26. The molecule has 1 rings (SSSR count). The third-order valence-corrected chi connectivity index (χ3v) is 5.10. The van der Waals surface area contributed by atoms with Crippen molar-refractivity contribution in [3.05, 3.63) is 18.2 Å². The molecule has 0 aliphatic rings. The Bertz CT molecular complexity index is 746. The lowest BCUT2D eigenvalue weighted by Gasteiger charge is -2.27. The van der Waals surface area contributed by atoms with Gasteiger partial charge >= 0.3 is 5.97 Å². The number of nitrogens with two attached hydrogens (primary N) is 1. The number of carboxylic acids is 1. The highest BCUT2D eigenvalue weighted by Crippen LogP contribution is 2.10. The van der Waals surface area contributed by atoms with Gasteiger partial charge in [-0.2, -0.15) is 12.6 Å². The Morgan fingerprint density at radius 2 is 1.81 bits per heavy atom. The molecule has 0 saturated carbocycles. The standard InChI is InChI=1S/C18H30N6O6S/c1-3-9(2)14(24-16(27)13(7-31)23-15(26)11(19)6-25)17(28)22-12(18(29)30)4-10-5-20-8-21-10/h5,8-9,11-14,25,31H,3-4,6-7,19H2,1-2H3,(H,20,21)(H,22,28)(H,23,26)(H,24,27)(H,29,30). The van der Waals surface area contributed by atoms with Gasteiger partial charge < -0.3 is 36.9 Å². The van der Waals surface area contributed by atoms with E-state index < -0.39 is 54.5 Å². The molecule has 0 bridgehead atoms. The fourth-order valence-corrected chi connectivity index (χ4v) is 2.85. The number of hydrogen-bond acceptors (Lipinski definition) is 8. The van der Waals surface area contributed by atoms with Crippen LogP contribution in [0.3, 0.4) is 0 Å². The quantitative estimate of drug-likeness (QED) is 0.152. The minimum Gasteiger partial charge on any atom is -0.480 e. The van der Waals surface area contributed by atoms with Gasteiger partial charge in [-0.25, -0.2) is 9.78 Å². The molecule has 0 aliphatic carbocycles. The summed E-state index contributed by atoms with van der Waals surface area (Å²) in [7, 11) is 0. The van der Waals surface area contributed by atoms with Crippen molar-refractivity contribution >= 4 is 36.3 Å². The lowest BCUT2D eigenvalue weighted by atomic mass is 9.97. The third kappa shape index (κ3) is 8.19. The SMILES string of the molecule is CCC(C)C(NC(=O)C(CS)NC(=O)C(N)CO)C(=O)NC(Cc1cnc[nH]1)C(=O)O. The number of aliphatic hydroxyl groups is 1. The molecular weight excluding hydrogens is 428 g/mol. The van der Waals surface area contributed by atoms with E-state index in [0.717, 1.165) is 0 Å². The van der Waals surface area contributed by atoms with Crippen LogP contribution in [-0.2, 0) is 25.6 Å². The van der Waals surface area contributed by atoms with Crippen LogP contribution in [0.15, 0.2) is 12.5 Å². The van der Waals surface area contributed by atoms with E-state index >= 15 is 0 Å². The minimum atomic E-state index is -1.24. The number of nitrogens with one attached hydrogen (secondary N) is 4. The summed E-state index contributed by atoms with van der Waals surface area (Å²) in [6.45, 7) is 2.94. The molecular formula is C18H30N6O6S. The molecule has 0 radical (unpaired) electrons. The Kier molecular flexibility index (Phi) is 11.0. The highest BCUT2D eigenvalue weighted by molar-refractivity contribution is 7.80. The Labute approximate surface area is 185 Å². The Hall–Kier alpha value is -2.64. The number of carbonyl (C=O) groups is 4. The van der Waals surface area contributed by atoms with Crippen molar-refractivity contribution in [3.63, 3.8) is 0 Å². The van der Waals surface area contributed by atoms with Crippen LogP contribution in [0.5, 0.6) is 0 Å². The second-order valence-electron chi connectivity index (χ2n) is 7.08. The van der Waals surface area contributed by atoms with Crippen LogP contribution in [0.25, 0.3) is 0 Å². The number of thiol groups is 1. The monoisotopic (exact) mass is 458 g/mol. The van der Waals surface area contributed by atoms with Crippen LogP contribution in [0.1, 0.15) is 26.0 Å². The molecule has 174 valence electrons. The van der Waals surface area contributed by atoms with E-state index in [4.69, 9.17) is 10.8 Å². The number of aromatic amines is 1. The van der Waals surface area contributed by atoms with Gasteiger partial charge in [0.25, 0.3) is 0 Å². The maximum Gasteiger partial charge on any atom is 0.326 e.